The Hall–Kier alpha value is -1.39. The normalized spacial score (nSPS) is 16.5. The molecule has 1 aliphatic rings. The fourth-order valence-electron chi connectivity index (χ4n) is 2.65. The van der Waals surface area contributed by atoms with Crippen molar-refractivity contribution in [2.75, 3.05) is 26.2 Å². The van der Waals surface area contributed by atoms with Gasteiger partial charge in [0, 0.05) is 25.2 Å². The molecule has 116 valence electrons. The molecule has 0 radical (unpaired) electrons. The molecule has 2 rings (SSSR count). The number of ether oxygens (including phenoxy) is 1. The van der Waals surface area contributed by atoms with Crippen LogP contribution in [-0.2, 0) is 4.74 Å². The molecular formula is C17H26N2O2. The van der Waals surface area contributed by atoms with Crippen LogP contribution in [0.5, 0.6) is 0 Å². The molecule has 0 spiro atoms. The maximum absolute atomic E-state index is 12.5. The zero-order valence-corrected chi connectivity index (χ0v) is 13.0. The average Bonchev–Trinajstić information content (AvgIpc) is 2.53. The van der Waals surface area contributed by atoms with Crippen LogP contribution in [0.25, 0.3) is 0 Å². The second kappa shape index (κ2) is 7.57. The van der Waals surface area contributed by atoms with Crippen molar-refractivity contribution in [2.24, 2.45) is 5.73 Å². The van der Waals surface area contributed by atoms with E-state index in [9.17, 15) is 4.79 Å². The van der Waals surface area contributed by atoms with Gasteiger partial charge in [-0.1, -0.05) is 26.0 Å². The van der Waals surface area contributed by atoms with E-state index in [1.807, 2.05) is 17.0 Å². The minimum atomic E-state index is 0.127. The number of rotatable bonds is 5. The Morgan fingerprint density at radius 3 is 2.43 bits per heavy atom. The summed E-state index contributed by atoms with van der Waals surface area (Å²) < 4.78 is 5.64. The van der Waals surface area contributed by atoms with Gasteiger partial charge in [-0.3, -0.25) is 4.79 Å². The van der Waals surface area contributed by atoms with Crippen LogP contribution in [0.15, 0.2) is 24.3 Å². The van der Waals surface area contributed by atoms with E-state index in [0.717, 1.165) is 31.5 Å². The van der Waals surface area contributed by atoms with E-state index in [1.165, 1.54) is 5.56 Å². The molecule has 0 aromatic heterocycles. The highest BCUT2D eigenvalue weighted by Gasteiger charge is 2.23. The molecule has 1 saturated heterocycles. The largest absolute Gasteiger partial charge is 0.377 e. The quantitative estimate of drug-likeness (QED) is 0.906. The maximum atomic E-state index is 12.5. The van der Waals surface area contributed by atoms with Gasteiger partial charge in [-0.15, -0.1) is 0 Å². The number of hydrogen-bond acceptors (Lipinski definition) is 3. The molecule has 21 heavy (non-hydrogen) atoms. The molecule has 0 bridgehead atoms. The molecule has 1 fully saturated rings. The van der Waals surface area contributed by atoms with Gasteiger partial charge in [-0.25, -0.2) is 0 Å². The smallest absolute Gasteiger partial charge is 0.253 e. The number of carbonyl (C=O) groups excluding carboxylic acids is 1. The fourth-order valence-corrected chi connectivity index (χ4v) is 2.65. The van der Waals surface area contributed by atoms with Crippen molar-refractivity contribution in [1.29, 1.82) is 0 Å². The summed E-state index contributed by atoms with van der Waals surface area (Å²) in [5, 5.41) is 0. The molecule has 4 nitrogen and oxygen atoms in total. The van der Waals surface area contributed by atoms with E-state index in [0.29, 0.717) is 19.1 Å². The first kappa shape index (κ1) is 16.0. The second-order valence-corrected chi connectivity index (χ2v) is 5.93. The van der Waals surface area contributed by atoms with E-state index in [2.05, 4.69) is 26.0 Å². The fraction of sp³-hybridized carbons (Fsp3) is 0.588. The highest BCUT2D eigenvalue weighted by Crippen LogP contribution is 2.18. The zero-order chi connectivity index (χ0) is 15.2. The first-order valence-corrected chi connectivity index (χ1v) is 7.82. The van der Waals surface area contributed by atoms with E-state index in [4.69, 9.17) is 10.5 Å². The first-order chi connectivity index (χ1) is 10.1. The summed E-state index contributed by atoms with van der Waals surface area (Å²) in [6.07, 6.45) is 2.05. The zero-order valence-electron chi connectivity index (χ0n) is 13.0. The first-order valence-electron chi connectivity index (χ1n) is 7.82. The summed E-state index contributed by atoms with van der Waals surface area (Å²) in [6, 6.07) is 7.98. The van der Waals surface area contributed by atoms with Crippen LogP contribution < -0.4 is 5.73 Å². The van der Waals surface area contributed by atoms with Crippen LogP contribution in [0, 0.1) is 0 Å². The van der Waals surface area contributed by atoms with Crippen molar-refractivity contribution in [3.05, 3.63) is 35.4 Å². The number of likely N-dealkylation sites (tertiary alicyclic amines) is 1. The lowest BCUT2D eigenvalue weighted by Crippen LogP contribution is -2.41. The lowest BCUT2D eigenvalue weighted by Gasteiger charge is -2.32. The molecule has 1 heterocycles. The van der Waals surface area contributed by atoms with Crippen LogP contribution in [0.4, 0.5) is 0 Å². The van der Waals surface area contributed by atoms with Gasteiger partial charge >= 0.3 is 0 Å². The molecule has 0 atom stereocenters. The molecule has 4 heteroatoms. The average molecular weight is 290 g/mol. The van der Waals surface area contributed by atoms with E-state index in [1.54, 1.807) is 0 Å². The summed E-state index contributed by atoms with van der Waals surface area (Å²) in [7, 11) is 0. The van der Waals surface area contributed by atoms with Crippen LogP contribution in [0.1, 0.15) is 48.5 Å². The van der Waals surface area contributed by atoms with Crippen molar-refractivity contribution < 1.29 is 9.53 Å². The minimum Gasteiger partial charge on any atom is -0.377 e. The number of amides is 1. The van der Waals surface area contributed by atoms with Gasteiger partial charge in [0.05, 0.1) is 12.7 Å². The number of hydrogen-bond donors (Lipinski definition) is 1. The van der Waals surface area contributed by atoms with E-state index >= 15 is 0 Å². The van der Waals surface area contributed by atoms with E-state index < -0.39 is 0 Å². The Kier molecular flexibility index (Phi) is 5.76. The highest BCUT2D eigenvalue weighted by molar-refractivity contribution is 5.94. The van der Waals surface area contributed by atoms with Crippen molar-refractivity contribution in [1.82, 2.24) is 4.90 Å². The monoisotopic (exact) mass is 290 g/mol. The molecule has 1 aliphatic heterocycles. The molecule has 1 aromatic rings. The van der Waals surface area contributed by atoms with Gasteiger partial charge in [-0.2, -0.15) is 0 Å². The lowest BCUT2D eigenvalue weighted by atomic mass is 10.0. The van der Waals surface area contributed by atoms with Gasteiger partial charge in [-0.05, 0) is 36.5 Å². The number of benzene rings is 1. The van der Waals surface area contributed by atoms with Crippen molar-refractivity contribution in [3.8, 4) is 0 Å². The minimum absolute atomic E-state index is 0.127. The van der Waals surface area contributed by atoms with Gasteiger partial charge in [0.2, 0.25) is 0 Å². The van der Waals surface area contributed by atoms with Crippen LogP contribution in [0.3, 0.4) is 0 Å². The van der Waals surface area contributed by atoms with Gasteiger partial charge in [0.1, 0.15) is 0 Å². The molecule has 1 amide bonds. The molecule has 0 aliphatic carbocycles. The standard InChI is InChI=1S/C17H26N2O2/c1-13(2)14-3-5-15(6-4-14)17(20)19-10-7-16(8-11-19)21-12-9-18/h3-6,13,16H,7-12,18H2,1-2H3. The Bertz CT molecular complexity index is 448. The highest BCUT2D eigenvalue weighted by atomic mass is 16.5. The lowest BCUT2D eigenvalue weighted by molar-refractivity contribution is 0.0122. The molecule has 0 unspecified atom stereocenters. The SMILES string of the molecule is CC(C)c1ccc(C(=O)N2CCC(OCCN)CC2)cc1. The summed E-state index contributed by atoms with van der Waals surface area (Å²) in [5.74, 6) is 0.618. The Morgan fingerprint density at radius 1 is 1.29 bits per heavy atom. The number of piperidine rings is 1. The molecule has 0 saturated carbocycles. The third-order valence-electron chi connectivity index (χ3n) is 4.02. The third kappa shape index (κ3) is 4.29. The second-order valence-electron chi connectivity index (χ2n) is 5.93. The molecular weight excluding hydrogens is 264 g/mol. The van der Waals surface area contributed by atoms with Crippen LogP contribution >= 0.6 is 0 Å². The maximum Gasteiger partial charge on any atom is 0.253 e. The van der Waals surface area contributed by atoms with Crippen molar-refractivity contribution in [2.45, 2.75) is 38.7 Å². The summed E-state index contributed by atoms with van der Waals surface area (Å²) in [6.45, 7) is 7.00. The molecule has 1 aromatic carbocycles. The number of carbonyl (C=O) groups is 1. The Balaban J connectivity index is 1.89. The number of nitrogens with zero attached hydrogens (tertiary/aromatic N) is 1. The van der Waals surface area contributed by atoms with Gasteiger partial charge in [0.25, 0.3) is 5.91 Å². The van der Waals surface area contributed by atoms with Crippen molar-refractivity contribution >= 4 is 5.91 Å². The van der Waals surface area contributed by atoms with Crippen LogP contribution in [-0.4, -0.2) is 43.2 Å². The third-order valence-corrected chi connectivity index (χ3v) is 4.02. The predicted octanol–water partition coefficient (Wildman–Crippen LogP) is 2.39. The van der Waals surface area contributed by atoms with Crippen LogP contribution in [0.2, 0.25) is 0 Å². The Morgan fingerprint density at radius 2 is 1.90 bits per heavy atom. The van der Waals surface area contributed by atoms with Gasteiger partial charge < -0.3 is 15.4 Å². The Labute approximate surface area is 127 Å². The summed E-state index contributed by atoms with van der Waals surface area (Å²) in [5.41, 5.74) is 7.48. The molecule has 2 N–H and O–H groups in total. The van der Waals surface area contributed by atoms with Crippen molar-refractivity contribution in [3.63, 3.8) is 0 Å². The van der Waals surface area contributed by atoms with E-state index in [-0.39, 0.29) is 12.0 Å². The van der Waals surface area contributed by atoms with Gasteiger partial charge in [0.15, 0.2) is 0 Å². The predicted molar refractivity (Wildman–Crippen MR) is 84.5 cm³/mol. The topological polar surface area (TPSA) is 55.6 Å². The number of nitrogens with two attached hydrogens (primary N) is 1. The summed E-state index contributed by atoms with van der Waals surface area (Å²) in [4.78, 5) is 14.4. The summed E-state index contributed by atoms with van der Waals surface area (Å²) >= 11 is 0.